The summed E-state index contributed by atoms with van der Waals surface area (Å²) in [6.07, 6.45) is 1.90. The molecule has 3 rings (SSSR count). The SMILES string of the molecule is Cc1cc(C2=NC(C)(C)Sc3c(Cl)cccc32)cnc1C. The van der Waals surface area contributed by atoms with E-state index in [2.05, 4.69) is 37.9 Å². The van der Waals surface area contributed by atoms with Crippen LogP contribution in [0.2, 0.25) is 5.02 Å². The maximum Gasteiger partial charge on any atom is 0.106 e. The summed E-state index contributed by atoms with van der Waals surface area (Å²) in [6, 6.07) is 8.14. The van der Waals surface area contributed by atoms with Crippen LogP contribution in [0.3, 0.4) is 0 Å². The van der Waals surface area contributed by atoms with E-state index in [0.717, 1.165) is 32.5 Å². The molecule has 1 aliphatic rings. The van der Waals surface area contributed by atoms with Gasteiger partial charge in [-0.05, 0) is 45.4 Å². The molecule has 4 heteroatoms. The minimum atomic E-state index is -0.230. The lowest BCUT2D eigenvalue weighted by molar-refractivity contribution is 0.755. The first-order chi connectivity index (χ1) is 9.87. The highest BCUT2D eigenvalue weighted by molar-refractivity contribution is 8.00. The van der Waals surface area contributed by atoms with Crippen molar-refractivity contribution in [3.05, 3.63) is 57.9 Å². The van der Waals surface area contributed by atoms with E-state index in [9.17, 15) is 0 Å². The number of fused-ring (bicyclic) bond motifs is 1. The Morgan fingerprint density at radius 2 is 1.95 bits per heavy atom. The molecule has 0 aliphatic carbocycles. The quantitative estimate of drug-likeness (QED) is 0.737. The first kappa shape index (κ1) is 14.6. The molecular formula is C17H17ClN2S. The molecule has 108 valence electrons. The number of halogens is 1. The van der Waals surface area contributed by atoms with Gasteiger partial charge in [-0.15, -0.1) is 0 Å². The van der Waals surface area contributed by atoms with Gasteiger partial charge in [0.15, 0.2) is 0 Å². The van der Waals surface area contributed by atoms with Crippen molar-refractivity contribution >= 4 is 29.1 Å². The molecule has 0 spiro atoms. The molecule has 0 fully saturated rings. The van der Waals surface area contributed by atoms with E-state index in [0.29, 0.717) is 0 Å². The maximum absolute atomic E-state index is 6.39. The van der Waals surface area contributed by atoms with Gasteiger partial charge in [0.1, 0.15) is 4.87 Å². The van der Waals surface area contributed by atoms with Crippen LogP contribution in [0.15, 0.2) is 40.4 Å². The average molecular weight is 317 g/mol. The Morgan fingerprint density at radius 1 is 1.19 bits per heavy atom. The molecular weight excluding hydrogens is 300 g/mol. The predicted octanol–water partition coefficient (Wildman–Crippen LogP) is 5.03. The van der Waals surface area contributed by atoms with Gasteiger partial charge in [-0.3, -0.25) is 9.98 Å². The standard InChI is InChI=1S/C17H17ClN2S/c1-10-8-12(9-19-11(10)2)15-13-6-5-7-14(18)16(13)21-17(3,4)20-15/h5-9H,1-4H3. The third kappa shape index (κ3) is 2.72. The normalized spacial score (nSPS) is 16.3. The summed E-state index contributed by atoms with van der Waals surface area (Å²) in [4.78, 5) is 10.3. The number of hydrogen-bond donors (Lipinski definition) is 0. The van der Waals surface area contributed by atoms with Crippen LogP contribution in [0.5, 0.6) is 0 Å². The summed E-state index contributed by atoms with van der Waals surface area (Å²) in [6.45, 7) is 8.32. The Morgan fingerprint density at radius 3 is 2.67 bits per heavy atom. The van der Waals surface area contributed by atoms with Gasteiger partial charge in [-0.1, -0.05) is 35.5 Å². The Labute approximate surface area is 134 Å². The van der Waals surface area contributed by atoms with Crippen molar-refractivity contribution in [2.45, 2.75) is 37.5 Å². The summed E-state index contributed by atoms with van der Waals surface area (Å²) in [5.41, 5.74) is 5.35. The van der Waals surface area contributed by atoms with Crippen LogP contribution in [0.25, 0.3) is 0 Å². The number of thioether (sulfide) groups is 1. The highest BCUT2D eigenvalue weighted by Crippen LogP contribution is 2.44. The van der Waals surface area contributed by atoms with Crippen LogP contribution < -0.4 is 0 Å². The largest absolute Gasteiger partial charge is 0.267 e. The lowest BCUT2D eigenvalue weighted by Crippen LogP contribution is -2.22. The van der Waals surface area contributed by atoms with E-state index >= 15 is 0 Å². The van der Waals surface area contributed by atoms with E-state index in [-0.39, 0.29) is 4.87 Å². The fourth-order valence-electron chi connectivity index (χ4n) is 2.39. The van der Waals surface area contributed by atoms with E-state index in [1.165, 1.54) is 5.56 Å². The molecule has 0 amide bonds. The number of aromatic nitrogens is 1. The molecule has 1 aliphatic heterocycles. The monoisotopic (exact) mass is 316 g/mol. The van der Waals surface area contributed by atoms with Crippen molar-refractivity contribution in [1.29, 1.82) is 0 Å². The highest BCUT2D eigenvalue weighted by atomic mass is 35.5. The molecule has 1 aromatic heterocycles. The third-order valence-electron chi connectivity index (χ3n) is 3.57. The van der Waals surface area contributed by atoms with Crippen molar-refractivity contribution in [1.82, 2.24) is 4.98 Å². The Hall–Kier alpha value is -1.32. The first-order valence-corrected chi connectivity index (χ1v) is 8.08. The van der Waals surface area contributed by atoms with E-state index in [1.54, 1.807) is 11.8 Å². The summed E-state index contributed by atoms with van der Waals surface area (Å²) in [5.74, 6) is 0. The zero-order valence-corrected chi connectivity index (χ0v) is 14.1. The van der Waals surface area contributed by atoms with E-state index in [1.807, 2.05) is 25.3 Å². The average Bonchev–Trinajstić information content (AvgIpc) is 2.42. The zero-order valence-electron chi connectivity index (χ0n) is 12.6. The van der Waals surface area contributed by atoms with Gasteiger partial charge >= 0.3 is 0 Å². The lowest BCUT2D eigenvalue weighted by atomic mass is 10.0. The summed E-state index contributed by atoms with van der Waals surface area (Å²) < 4.78 is 0. The summed E-state index contributed by atoms with van der Waals surface area (Å²) in [5, 5.41) is 0.787. The fraction of sp³-hybridized carbons (Fsp3) is 0.294. The topological polar surface area (TPSA) is 25.2 Å². The molecule has 0 radical (unpaired) electrons. The molecule has 0 N–H and O–H groups in total. The minimum Gasteiger partial charge on any atom is -0.267 e. The molecule has 2 aromatic rings. The van der Waals surface area contributed by atoms with Crippen molar-refractivity contribution in [3.63, 3.8) is 0 Å². The van der Waals surface area contributed by atoms with Gasteiger partial charge in [-0.25, -0.2) is 0 Å². The second-order valence-electron chi connectivity index (χ2n) is 5.75. The molecule has 0 atom stereocenters. The lowest BCUT2D eigenvalue weighted by Gasteiger charge is -2.29. The summed E-state index contributed by atoms with van der Waals surface area (Å²) in [7, 11) is 0. The van der Waals surface area contributed by atoms with Crippen LogP contribution in [-0.2, 0) is 0 Å². The van der Waals surface area contributed by atoms with Crippen molar-refractivity contribution in [2.75, 3.05) is 0 Å². The molecule has 2 heterocycles. The summed E-state index contributed by atoms with van der Waals surface area (Å²) >= 11 is 8.09. The number of rotatable bonds is 1. The van der Waals surface area contributed by atoms with Gasteiger partial charge in [0.05, 0.1) is 10.7 Å². The molecule has 21 heavy (non-hydrogen) atoms. The van der Waals surface area contributed by atoms with E-state index in [4.69, 9.17) is 16.6 Å². The molecule has 2 nitrogen and oxygen atoms in total. The van der Waals surface area contributed by atoms with Crippen molar-refractivity contribution in [2.24, 2.45) is 4.99 Å². The van der Waals surface area contributed by atoms with Gasteiger partial charge in [0.25, 0.3) is 0 Å². The molecule has 0 saturated carbocycles. The minimum absolute atomic E-state index is 0.230. The maximum atomic E-state index is 6.39. The molecule has 1 aromatic carbocycles. The molecule has 0 saturated heterocycles. The van der Waals surface area contributed by atoms with E-state index < -0.39 is 0 Å². The molecule has 0 bridgehead atoms. The van der Waals surface area contributed by atoms with Crippen molar-refractivity contribution < 1.29 is 0 Å². The second-order valence-corrected chi connectivity index (χ2v) is 7.77. The third-order valence-corrected chi connectivity index (χ3v) is 5.23. The second kappa shape index (κ2) is 5.15. The van der Waals surface area contributed by atoms with Crippen LogP contribution >= 0.6 is 23.4 Å². The smallest absolute Gasteiger partial charge is 0.106 e. The Balaban J connectivity index is 2.23. The number of benzene rings is 1. The fourth-order valence-corrected chi connectivity index (χ4v) is 3.76. The van der Waals surface area contributed by atoms with Gasteiger partial charge in [0.2, 0.25) is 0 Å². The predicted molar refractivity (Wildman–Crippen MR) is 90.7 cm³/mol. The van der Waals surface area contributed by atoms with Crippen LogP contribution in [0, 0.1) is 13.8 Å². The van der Waals surface area contributed by atoms with Gasteiger partial charge in [-0.2, -0.15) is 0 Å². The van der Waals surface area contributed by atoms with Gasteiger partial charge < -0.3 is 0 Å². The number of aryl methyl sites for hydroxylation is 2. The van der Waals surface area contributed by atoms with Crippen LogP contribution in [0.4, 0.5) is 0 Å². The first-order valence-electron chi connectivity index (χ1n) is 6.89. The number of nitrogens with zero attached hydrogens (tertiary/aromatic N) is 2. The zero-order chi connectivity index (χ0) is 15.2. The highest BCUT2D eigenvalue weighted by Gasteiger charge is 2.29. The van der Waals surface area contributed by atoms with Crippen molar-refractivity contribution in [3.8, 4) is 0 Å². The number of hydrogen-bond acceptors (Lipinski definition) is 3. The van der Waals surface area contributed by atoms with Crippen LogP contribution in [0.1, 0.15) is 36.2 Å². The Bertz CT molecular complexity index is 750. The number of pyridine rings is 1. The Kier molecular flexibility index (Phi) is 3.58. The number of aliphatic imine (C=N–C) groups is 1. The molecule has 0 unspecified atom stereocenters. The van der Waals surface area contributed by atoms with Gasteiger partial charge in [0, 0.05) is 27.9 Å². The van der Waals surface area contributed by atoms with Crippen LogP contribution in [-0.4, -0.2) is 15.6 Å².